The van der Waals surface area contributed by atoms with Gasteiger partial charge in [0.25, 0.3) is 0 Å². The molecule has 1 aromatic carbocycles. The van der Waals surface area contributed by atoms with E-state index in [-0.39, 0.29) is 0 Å². The number of hydrogen-bond donors (Lipinski definition) is 1. The number of benzene rings is 1. The van der Waals surface area contributed by atoms with Crippen molar-refractivity contribution in [2.24, 2.45) is 0 Å². The van der Waals surface area contributed by atoms with Crippen LogP contribution in [0.3, 0.4) is 0 Å². The summed E-state index contributed by atoms with van der Waals surface area (Å²) in [6.07, 6.45) is 15.2. The van der Waals surface area contributed by atoms with Crippen LogP contribution < -0.4 is 4.74 Å². The summed E-state index contributed by atoms with van der Waals surface area (Å²) in [4.78, 5) is 11.2. The summed E-state index contributed by atoms with van der Waals surface area (Å²) >= 11 is 0. The molecule has 3 nitrogen and oxygen atoms in total. The van der Waals surface area contributed by atoms with Crippen molar-refractivity contribution in [3.63, 3.8) is 0 Å². The van der Waals surface area contributed by atoms with Gasteiger partial charge in [0.15, 0.2) is 0 Å². The van der Waals surface area contributed by atoms with Crippen molar-refractivity contribution < 1.29 is 14.6 Å². The van der Waals surface area contributed by atoms with Gasteiger partial charge < -0.3 is 9.84 Å². The van der Waals surface area contributed by atoms with Crippen LogP contribution in [-0.4, -0.2) is 11.3 Å². The average molecular weight is 377 g/mol. The predicted octanol–water partition coefficient (Wildman–Crippen LogP) is 7.72. The maximum atomic E-state index is 11.2. The monoisotopic (exact) mass is 376 g/mol. The van der Waals surface area contributed by atoms with Crippen LogP contribution in [0.1, 0.15) is 108 Å². The van der Waals surface area contributed by atoms with Crippen molar-refractivity contribution in [3.05, 3.63) is 28.8 Å². The lowest BCUT2D eigenvalue weighted by Crippen LogP contribution is -2.09. The fourth-order valence-electron chi connectivity index (χ4n) is 3.75. The maximum absolute atomic E-state index is 11.2. The first kappa shape index (κ1) is 23.5. The first-order chi connectivity index (χ1) is 13.1. The van der Waals surface area contributed by atoms with E-state index < -0.39 is 6.16 Å². The highest BCUT2D eigenvalue weighted by atomic mass is 16.7. The van der Waals surface area contributed by atoms with Gasteiger partial charge in [-0.25, -0.2) is 4.79 Å². The summed E-state index contributed by atoms with van der Waals surface area (Å²) in [6, 6.07) is 4.00. The number of carboxylic acid groups (broad SMARTS) is 1. The zero-order valence-electron chi connectivity index (χ0n) is 17.8. The SMILES string of the molecule is CCCCCCCc1ccc(OC(=O)O)c(CCCCC)c1CCCCC. The Morgan fingerprint density at radius 2 is 1.26 bits per heavy atom. The molecule has 0 amide bonds. The summed E-state index contributed by atoms with van der Waals surface area (Å²) in [7, 11) is 0. The normalized spacial score (nSPS) is 10.9. The maximum Gasteiger partial charge on any atom is 0.511 e. The van der Waals surface area contributed by atoms with E-state index in [2.05, 4.69) is 26.8 Å². The van der Waals surface area contributed by atoms with Gasteiger partial charge in [-0.2, -0.15) is 0 Å². The summed E-state index contributed by atoms with van der Waals surface area (Å²) in [5.74, 6) is 0.555. The van der Waals surface area contributed by atoms with E-state index in [9.17, 15) is 4.79 Å². The third-order valence-electron chi connectivity index (χ3n) is 5.29. The summed E-state index contributed by atoms with van der Waals surface area (Å²) in [6.45, 7) is 6.67. The molecule has 0 aliphatic carbocycles. The molecule has 0 heterocycles. The Bertz CT molecular complexity index is 537. The van der Waals surface area contributed by atoms with Gasteiger partial charge in [-0.15, -0.1) is 0 Å². The van der Waals surface area contributed by atoms with Gasteiger partial charge in [0.05, 0.1) is 0 Å². The van der Waals surface area contributed by atoms with Crippen LogP contribution in [0.5, 0.6) is 5.75 Å². The molecule has 0 aromatic heterocycles. The van der Waals surface area contributed by atoms with E-state index in [1.807, 2.05) is 6.07 Å². The summed E-state index contributed by atoms with van der Waals surface area (Å²) in [5, 5.41) is 9.14. The van der Waals surface area contributed by atoms with Gasteiger partial charge in [-0.1, -0.05) is 78.2 Å². The highest BCUT2D eigenvalue weighted by Gasteiger charge is 2.16. The summed E-state index contributed by atoms with van der Waals surface area (Å²) < 4.78 is 5.15. The molecule has 0 atom stereocenters. The topological polar surface area (TPSA) is 46.5 Å². The van der Waals surface area contributed by atoms with Crippen molar-refractivity contribution in [1.29, 1.82) is 0 Å². The van der Waals surface area contributed by atoms with Crippen LogP contribution in [0.2, 0.25) is 0 Å². The minimum absolute atomic E-state index is 0.555. The third kappa shape index (κ3) is 9.30. The second kappa shape index (κ2) is 14.5. The number of unbranched alkanes of at least 4 members (excludes halogenated alkanes) is 8. The van der Waals surface area contributed by atoms with Crippen LogP contribution >= 0.6 is 0 Å². The number of carbonyl (C=O) groups is 1. The van der Waals surface area contributed by atoms with Crippen molar-refractivity contribution in [1.82, 2.24) is 0 Å². The van der Waals surface area contributed by atoms with Crippen molar-refractivity contribution >= 4 is 6.16 Å². The number of hydrogen-bond acceptors (Lipinski definition) is 2. The molecule has 1 rings (SSSR count). The molecular weight excluding hydrogens is 336 g/mol. The molecule has 0 saturated heterocycles. The van der Waals surface area contributed by atoms with E-state index in [1.54, 1.807) is 0 Å². The van der Waals surface area contributed by atoms with Gasteiger partial charge in [0.1, 0.15) is 5.75 Å². The molecule has 0 aliphatic heterocycles. The Morgan fingerprint density at radius 1 is 0.741 bits per heavy atom. The molecule has 0 unspecified atom stereocenters. The van der Waals surface area contributed by atoms with E-state index >= 15 is 0 Å². The van der Waals surface area contributed by atoms with Crippen molar-refractivity contribution in [3.8, 4) is 5.75 Å². The van der Waals surface area contributed by atoms with Gasteiger partial charge in [-0.05, 0) is 61.3 Å². The second-order valence-electron chi connectivity index (χ2n) is 7.63. The number of aryl methyl sites for hydroxylation is 1. The zero-order chi connectivity index (χ0) is 19.9. The van der Waals surface area contributed by atoms with Crippen LogP contribution in [0.4, 0.5) is 4.79 Å². The molecule has 0 fully saturated rings. The van der Waals surface area contributed by atoms with Crippen molar-refractivity contribution in [2.45, 2.75) is 111 Å². The van der Waals surface area contributed by atoms with Crippen molar-refractivity contribution in [2.75, 3.05) is 0 Å². The zero-order valence-corrected chi connectivity index (χ0v) is 17.8. The second-order valence-corrected chi connectivity index (χ2v) is 7.63. The highest BCUT2D eigenvalue weighted by molar-refractivity contribution is 5.63. The largest absolute Gasteiger partial charge is 0.511 e. The average Bonchev–Trinajstić information content (AvgIpc) is 2.64. The third-order valence-corrected chi connectivity index (χ3v) is 5.29. The molecule has 154 valence electrons. The molecule has 0 bridgehead atoms. The Labute approximate surface area is 166 Å². The predicted molar refractivity (Wildman–Crippen MR) is 114 cm³/mol. The fraction of sp³-hybridized carbons (Fsp3) is 0.708. The highest BCUT2D eigenvalue weighted by Crippen LogP contribution is 2.30. The Kier molecular flexibility index (Phi) is 12.7. The molecule has 0 radical (unpaired) electrons. The molecular formula is C24H40O3. The standard InChI is InChI=1S/C24H40O3/c1-4-7-10-11-14-15-20-18-19-23(27-24(25)26)22(17-13-9-6-3)21(20)16-12-8-5-2/h18-19H,4-17H2,1-3H3,(H,25,26). The van der Waals surface area contributed by atoms with Gasteiger partial charge in [-0.3, -0.25) is 0 Å². The van der Waals surface area contributed by atoms with E-state index in [0.717, 1.165) is 44.1 Å². The molecule has 0 saturated carbocycles. The van der Waals surface area contributed by atoms with Crippen LogP contribution in [0.25, 0.3) is 0 Å². The molecule has 1 N–H and O–H groups in total. The lowest BCUT2D eigenvalue weighted by Gasteiger charge is -2.18. The fourth-order valence-corrected chi connectivity index (χ4v) is 3.75. The van der Waals surface area contributed by atoms with E-state index in [1.165, 1.54) is 62.5 Å². The lowest BCUT2D eigenvalue weighted by molar-refractivity contribution is 0.144. The Morgan fingerprint density at radius 3 is 1.85 bits per heavy atom. The quantitative estimate of drug-likeness (QED) is 0.193. The Balaban J connectivity index is 3.02. The first-order valence-electron chi connectivity index (χ1n) is 11.2. The number of rotatable bonds is 15. The van der Waals surface area contributed by atoms with Gasteiger partial charge >= 0.3 is 6.16 Å². The molecule has 1 aromatic rings. The Hall–Kier alpha value is -1.51. The van der Waals surface area contributed by atoms with Gasteiger partial charge in [0, 0.05) is 0 Å². The molecule has 3 heteroatoms. The smallest absolute Gasteiger partial charge is 0.449 e. The molecule has 0 aliphatic rings. The van der Waals surface area contributed by atoms with Crippen LogP contribution in [0, 0.1) is 0 Å². The minimum atomic E-state index is -1.21. The number of ether oxygens (including phenoxy) is 1. The van der Waals surface area contributed by atoms with Gasteiger partial charge in [0.2, 0.25) is 0 Å². The van der Waals surface area contributed by atoms with E-state index in [4.69, 9.17) is 9.84 Å². The van der Waals surface area contributed by atoms with Crippen LogP contribution in [0.15, 0.2) is 12.1 Å². The van der Waals surface area contributed by atoms with E-state index in [0.29, 0.717) is 5.75 Å². The summed E-state index contributed by atoms with van der Waals surface area (Å²) in [5.41, 5.74) is 3.92. The van der Waals surface area contributed by atoms with Crippen LogP contribution in [-0.2, 0) is 19.3 Å². The first-order valence-corrected chi connectivity index (χ1v) is 11.2. The molecule has 0 spiro atoms. The minimum Gasteiger partial charge on any atom is -0.449 e. The molecule has 27 heavy (non-hydrogen) atoms. The lowest BCUT2D eigenvalue weighted by atomic mass is 9.89.